The molecule has 1 aliphatic rings. The fraction of sp³-hybridized carbons (Fsp3) is 0.833. The minimum Gasteiger partial charge on any atom is -0.458 e. The molecular formula is C18H30BrNO5. The number of hydrogen-bond donors (Lipinski definition) is 1. The van der Waals surface area contributed by atoms with Crippen LogP contribution in [0.2, 0.25) is 0 Å². The summed E-state index contributed by atoms with van der Waals surface area (Å²) >= 11 is 3.20. The summed E-state index contributed by atoms with van der Waals surface area (Å²) in [5.74, 6) is -0.822. The fourth-order valence-electron chi connectivity index (χ4n) is 3.06. The van der Waals surface area contributed by atoms with Gasteiger partial charge in [-0.2, -0.15) is 0 Å². The smallest absolute Gasteiger partial charge is 0.335 e. The van der Waals surface area contributed by atoms with Crippen LogP contribution in [0.3, 0.4) is 0 Å². The van der Waals surface area contributed by atoms with Gasteiger partial charge in [-0.15, -0.1) is 0 Å². The van der Waals surface area contributed by atoms with Gasteiger partial charge >= 0.3 is 5.97 Å². The number of esters is 1. The van der Waals surface area contributed by atoms with Crippen molar-refractivity contribution in [3.05, 3.63) is 0 Å². The van der Waals surface area contributed by atoms with E-state index in [9.17, 15) is 14.4 Å². The number of ketones is 1. The second-order valence-electron chi connectivity index (χ2n) is 8.00. The Balaban J connectivity index is 3.00. The number of carbonyl (C=O) groups excluding carboxylic acids is 3. The van der Waals surface area contributed by atoms with Crippen LogP contribution >= 0.6 is 15.9 Å². The van der Waals surface area contributed by atoms with Crippen LogP contribution in [0.25, 0.3) is 0 Å². The molecule has 0 aromatic carbocycles. The van der Waals surface area contributed by atoms with Crippen molar-refractivity contribution < 1.29 is 23.9 Å². The molecule has 1 saturated heterocycles. The molecule has 1 aliphatic heterocycles. The predicted molar refractivity (Wildman–Crippen MR) is 98.5 cm³/mol. The molecule has 4 atom stereocenters. The molecule has 1 N–H and O–H groups in total. The summed E-state index contributed by atoms with van der Waals surface area (Å²) in [6.45, 7) is 10.9. The third kappa shape index (κ3) is 7.05. The highest BCUT2D eigenvalue weighted by Gasteiger charge is 2.47. The SMILES string of the molecule is CC(=O)N[C@@H](CC(C)C)[C@@H]1O[C@@H](C(=O)OC(C)(C)C)C[C@H]1C(=O)CBr. The number of hydrogen-bond acceptors (Lipinski definition) is 5. The minimum atomic E-state index is -0.791. The summed E-state index contributed by atoms with van der Waals surface area (Å²) in [7, 11) is 0. The van der Waals surface area contributed by atoms with E-state index in [-0.39, 0.29) is 29.5 Å². The first-order valence-electron chi connectivity index (χ1n) is 8.68. The lowest BCUT2D eigenvalue weighted by Gasteiger charge is -2.29. The van der Waals surface area contributed by atoms with Gasteiger partial charge in [0.15, 0.2) is 6.10 Å². The Bertz CT molecular complexity index is 500. The largest absolute Gasteiger partial charge is 0.458 e. The van der Waals surface area contributed by atoms with Crippen LogP contribution in [0.4, 0.5) is 0 Å². The molecule has 1 amide bonds. The van der Waals surface area contributed by atoms with E-state index >= 15 is 0 Å². The first-order valence-corrected chi connectivity index (χ1v) is 9.80. The maximum atomic E-state index is 12.4. The molecule has 6 nitrogen and oxygen atoms in total. The Morgan fingerprint density at radius 3 is 2.32 bits per heavy atom. The van der Waals surface area contributed by atoms with E-state index in [1.165, 1.54) is 6.92 Å². The van der Waals surface area contributed by atoms with Gasteiger partial charge in [0.05, 0.1) is 17.5 Å². The molecule has 144 valence electrons. The van der Waals surface area contributed by atoms with Crippen molar-refractivity contribution in [1.29, 1.82) is 0 Å². The second kappa shape index (κ2) is 9.12. The molecule has 0 aromatic heterocycles. The van der Waals surface area contributed by atoms with Crippen molar-refractivity contribution >= 4 is 33.6 Å². The van der Waals surface area contributed by atoms with Gasteiger partial charge in [-0.3, -0.25) is 9.59 Å². The average Bonchev–Trinajstić information content (AvgIpc) is 2.88. The van der Waals surface area contributed by atoms with Gasteiger partial charge in [0.1, 0.15) is 11.4 Å². The normalized spacial score (nSPS) is 24.9. The number of alkyl halides is 1. The summed E-state index contributed by atoms with van der Waals surface area (Å²) in [4.78, 5) is 36.3. The first-order chi connectivity index (χ1) is 11.4. The van der Waals surface area contributed by atoms with Crippen molar-refractivity contribution in [2.24, 2.45) is 11.8 Å². The molecule has 0 spiro atoms. The number of ether oxygens (including phenoxy) is 2. The van der Waals surface area contributed by atoms with E-state index in [1.807, 2.05) is 13.8 Å². The Hall–Kier alpha value is -0.950. The predicted octanol–water partition coefficient (Wildman–Crippen LogP) is 2.62. The van der Waals surface area contributed by atoms with E-state index < -0.39 is 29.7 Å². The highest BCUT2D eigenvalue weighted by Crippen LogP contribution is 2.33. The monoisotopic (exact) mass is 419 g/mol. The van der Waals surface area contributed by atoms with Gasteiger partial charge in [-0.25, -0.2) is 4.79 Å². The van der Waals surface area contributed by atoms with Gasteiger partial charge in [0.2, 0.25) is 5.91 Å². The van der Waals surface area contributed by atoms with Crippen LogP contribution in [0.5, 0.6) is 0 Å². The van der Waals surface area contributed by atoms with E-state index in [2.05, 4.69) is 21.2 Å². The van der Waals surface area contributed by atoms with Crippen LogP contribution in [0, 0.1) is 11.8 Å². The number of amides is 1. The minimum absolute atomic E-state index is 0.0323. The van der Waals surface area contributed by atoms with Crippen LogP contribution < -0.4 is 5.32 Å². The highest BCUT2D eigenvalue weighted by molar-refractivity contribution is 9.09. The molecule has 0 radical (unpaired) electrons. The van der Waals surface area contributed by atoms with Crippen LogP contribution in [-0.2, 0) is 23.9 Å². The second-order valence-corrected chi connectivity index (χ2v) is 8.56. The number of nitrogens with one attached hydrogen (secondary N) is 1. The van der Waals surface area contributed by atoms with Crippen LogP contribution in [0.1, 0.15) is 54.4 Å². The molecule has 1 heterocycles. The third-order valence-corrected chi connectivity index (χ3v) is 4.46. The molecule has 0 aromatic rings. The third-order valence-electron chi connectivity index (χ3n) is 3.91. The van der Waals surface area contributed by atoms with Gasteiger partial charge in [-0.05, 0) is 39.5 Å². The highest BCUT2D eigenvalue weighted by atomic mass is 79.9. The Morgan fingerprint density at radius 1 is 1.28 bits per heavy atom. The maximum Gasteiger partial charge on any atom is 0.335 e. The number of carbonyl (C=O) groups is 3. The lowest BCUT2D eigenvalue weighted by atomic mass is 9.87. The van der Waals surface area contributed by atoms with Crippen LogP contribution in [-0.4, -0.2) is 46.8 Å². The van der Waals surface area contributed by atoms with Crippen molar-refractivity contribution in [3.63, 3.8) is 0 Å². The molecule has 25 heavy (non-hydrogen) atoms. The maximum absolute atomic E-state index is 12.4. The standard InChI is InChI=1S/C18H30BrNO5/c1-10(2)7-13(20-11(3)21)16-12(14(22)9-19)8-15(24-16)17(23)25-18(4,5)6/h10,12-13,15-16H,7-9H2,1-6H3,(H,20,21)/t12-,13-,15+,16+/m0/s1. The zero-order valence-corrected chi connectivity index (χ0v) is 17.5. The van der Waals surface area contributed by atoms with Crippen molar-refractivity contribution in [3.8, 4) is 0 Å². The summed E-state index contributed by atoms with van der Waals surface area (Å²) in [6, 6.07) is -0.321. The first kappa shape index (κ1) is 22.1. The van der Waals surface area contributed by atoms with Crippen LogP contribution in [0.15, 0.2) is 0 Å². The Kier molecular flexibility index (Phi) is 8.06. The van der Waals surface area contributed by atoms with Crippen molar-refractivity contribution in [1.82, 2.24) is 5.32 Å². The molecule has 0 unspecified atom stereocenters. The fourth-order valence-corrected chi connectivity index (χ4v) is 3.47. The van der Waals surface area contributed by atoms with Crippen molar-refractivity contribution in [2.45, 2.75) is 78.2 Å². The number of rotatable bonds is 7. The molecule has 0 bridgehead atoms. The molecule has 0 saturated carbocycles. The van der Waals surface area contributed by atoms with Gasteiger partial charge in [-0.1, -0.05) is 29.8 Å². The molecule has 7 heteroatoms. The van der Waals surface area contributed by atoms with E-state index in [0.29, 0.717) is 12.3 Å². The zero-order valence-electron chi connectivity index (χ0n) is 15.9. The van der Waals surface area contributed by atoms with E-state index in [1.54, 1.807) is 20.8 Å². The average molecular weight is 420 g/mol. The quantitative estimate of drug-likeness (QED) is 0.506. The summed E-state index contributed by atoms with van der Waals surface area (Å²) < 4.78 is 11.3. The number of halogens is 1. The summed E-state index contributed by atoms with van der Waals surface area (Å²) in [6.07, 6.45) is -0.385. The van der Waals surface area contributed by atoms with E-state index in [4.69, 9.17) is 9.47 Å². The lowest BCUT2D eigenvalue weighted by Crippen LogP contribution is -2.47. The molecular weight excluding hydrogens is 390 g/mol. The summed E-state index contributed by atoms with van der Waals surface area (Å²) in [5, 5.41) is 3.07. The van der Waals surface area contributed by atoms with E-state index in [0.717, 1.165) is 0 Å². The zero-order chi connectivity index (χ0) is 19.4. The number of Topliss-reactive ketones (excluding diaryl/α,β-unsaturated/α-hetero) is 1. The Labute approximate surface area is 158 Å². The summed E-state index contributed by atoms with van der Waals surface area (Å²) in [5.41, 5.74) is -0.623. The molecule has 1 fully saturated rings. The van der Waals surface area contributed by atoms with Crippen molar-refractivity contribution in [2.75, 3.05) is 5.33 Å². The van der Waals surface area contributed by atoms with Gasteiger partial charge in [0.25, 0.3) is 0 Å². The lowest BCUT2D eigenvalue weighted by molar-refractivity contribution is -0.168. The molecule has 0 aliphatic carbocycles. The van der Waals surface area contributed by atoms with Gasteiger partial charge in [0, 0.05) is 12.8 Å². The Morgan fingerprint density at radius 2 is 1.88 bits per heavy atom. The molecule has 1 rings (SSSR count). The topological polar surface area (TPSA) is 81.7 Å². The van der Waals surface area contributed by atoms with Gasteiger partial charge < -0.3 is 14.8 Å².